The van der Waals surface area contributed by atoms with Crippen molar-refractivity contribution in [2.75, 3.05) is 40.0 Å². The zero-order valence-electron chi connectivity index (χ0n) is 17.3. The summed E-state index contributed by atoms with van der Waals surface area (Å²) in [6.45, 7) is 3.16. The second kappa shape index (κ2) is 10.5. The van der Waals surface area contributed by atoms with Crippen molar-refractivity contribution in [1.29, 1.82) is 0 Å². The van der Waals surface area contributed by atoms with E-state index >= 15 is 0 Å². The number of hydrogen-bond donors (Lipinski definition) is 0. The molecule has 3 rings (SSSR count). The molecule has 2 aromatic rings. The number of thiophene rings is 1. The Balaban J connectivity index is 1.73. The van der Waals surface area contributed by atoms with Crippen LogP contribution in [-0.2, 0) is 20.7 Å². The van der Waals surface area contributed by atoms with Crippen LogP contribution in [0.5, 0.6) is 5.75 Å². The average Bonchev–Trinajstić information content (AvgIpc) is 3.21. The molecule has 0 aliphatic carbocycles. The fourth-order valence-corrected chi connectivity index (χ4v) is 4.54. The highest BCUT2D eigenvalue weighted by atomic mass is 32.1. The Morgan fingerprint density at radius 2 is 2.10 bits per heavy atom. The summed E-state index contributed by atoms with van der Waals surface area (Å²) >= 11 is 1.65. The number of benzene rings is 1. The molecule has 0 unspecified atom stereocenters. The van der Waals surface area contributed by atoms with Gasteiger partial charge in [0.2, 0.25) is 11.8 Å². The normalized spacial score (nSPS) is 15.6. The molecule has 6 nitrogen and oxygen atoms in total. The highest BCUT2D eigenvalue weighted by molar-refractivity contribution is 7.10. The van der Waals surface area contributed by atoms with Crippen LogP contribution in [0.1, 0.15) is 29.8 Å². The van der Waals surface area contributed by atoms with Crippen LogP contribution in [0.25, 0.3) is 0 Å². The standard InChI is InChI=1S/C22H27FN2O4S/c1-16(26)24(10-5-12-28-2)14-22(27)25-11-8-21-17(9-13-30-21)19(25)15-29-20-7-4-3-6-18(20)23/h3-4,6-7,9,13,19H,5,8,10-12,14-15H2,1-2H3/t19-/m0/s1. The number of amides is 2. The van der Waals surface area contributed by atoms with Gasteiger partial charge in [-0.1, -0.05) is 12.1 Å². The quantitative estimate of drug-likeness (QED) is 0.569. The third kappa shape index (κ3) is 5.37. The van der Waals surface area contributed by atoms with E-state index in [9.17, 15) is 14.0 Å². The van der Waals surface area contributed by atoms with E-state index in [-0.39, 0.29) is 36.8 Å². The third-order valence-corrected chi connectivity index (χ3v) is 6.19. The van der Waals surface area contributed by atoms with Gasteiger partial charge in [-0.05, 0) is 42.0 Å². The van der Waals surface area contributed by atoms with E-state index < -0.39 is 5.82 Å². The Kier molecular flexibility index (Phi) is 7.81. The summed E-state index contributed by atoms with van der Waals surface area (Å²) < 4.78 is 24.8. The van der Waals surface area contributed by atoms with Gasteiger partial charge in [0.1, 0.15) is 6.61 Å². The van der Waals surface area contributed by atoms with E-state index in [4.69, 9.17) is 9.47 Å². The minimum absolute atomic E-state index is 0.00865. The highest BCUT2D eigenvalue weighted by Crippen LogP contribution is 2.34. The number of nitrogens with zero attached hydrogens (tertiary/aromatic N) is 2. The average molecular weight is 435 g/mol. The first kappa shape index (κ1) is 22.2. The molecular formula is C22H27FN2O4S. The molecule has 1 aromatic carbocycles. The molecule has 8 heteroatoms. The number of para-hydroxylation sites is 1. The molecule has 1 aliphatic heterocycles. The topological polar surface area (TPSA) is 59.1 Å². The van der Waals surface area contributed by atoms with Crippen molar-refractivity contribution in [2.45, 2.75) is 25.8 Å². The van der Waals surface area contributed by atoms with Gasteiger partial charge in [-0.2, -0.15) is 0 Å². The predicted molar refractivity (Wildman–Crippen MR) is 113 cm³/mol. The lowest BCUT2D eigenvalue weighted by Gasteiger charge is -2.37. The minimum atomic E-state index is -0.433. The van der Waals surface area contributed by atoms with Gasteiger partial charge < -0.3 is 19.3 Å². The van der Waals surface area contributed by atoms with Crippen LogP contribution in [0.3, 0.4) is 0 Å². The zero-order chi connectivity index (χ0) is 21.5. The zero-order valence-corrected chi connectivity index (χ0v) is 18.1. The summed E-state index contributed by atoms with van der Waals surface area (Å²) in [4.78, 5) is 29.6. The molecule has 0 spiro atoms. The summed E-state index contributed by atoms with van der Waals surface area (Å²) in [5.74, 6) is -0.553. The Morgan fingerprint density at radius 3 is 2.83 bits per heavy atom. The molecule has 1 aliphatic rings. The van der Waals surface area contributed by atoms with Gasteiger partial charge in [0.25, 0.3) is 0 Å². The van der Waals surface area contributed by atoms with Gasteiger partial charge in [0.15, 0.2) is 11.6 Å². The summed E-state index contributed by atoms with van der Waals surface area (Å²) in [7, 11) is 1.61. The summed E-state index contributed by atoms with van der Waals surface area (Å²) in [5.41, 5.74) is 1.03. The Hall–Kier alpha value is -2.45. The van der Waals surface area contributed by atoms with Gasteiger partial charge in [0, 0.05) is 38.6 Å². The maximum atomic E-state index is 14.0. The van der Waals surface area contributed by atoms with Crippen molar-refractivity contribution in [3.8, 4) is 5.75 Å². The first-order chi connectivity index (χ1) is 14.5. The van der Waals surface area contributed by atoms with E-state index in [2.05, 4.69) is 0 Å². The molecule has 0 saturated heterocycles. The molecule has 1 atom stereocenters. The molecule has 2 heterocycles. The van der Waals surface area contributed by atoms with E-state index in [1.807, 2.05) is 11.4 Å². The van der Waals surface area contributed by atoms with Crippen LogP contribution >= 0.6 is 11.3 Å². The molecule has 162 valence electrons. The van der Waals surface area contributed by atoms with Gasteiger partial charge in [-0.15, -0.1) is 11.3 Å². The van der Waals surface area contributed by atoms with Crippen LogP contribution in [0.4, 0.5) is 4.39 Å². The van der Waals surface area contributed by atoms with Crippen molar-refractivity contribution in [2.24, 2.45) is 0 Å². The Morgan fingerprint density at radius 1 is 1.30 bits per heavy atom. The highest BCUT2D eigenvalue weighted by Gasteiger charge is 2.33. The van der Waals surface area contributed by atoms with Crippen molar-refractivity contribution in [3.63, 3.8) is 0 Å². The van der Waals surface area contributed by atoms with Crippen LogP contribution < -0.4 is 4.74 Å². The Labute approximate surface area is 180 Å². The second-order valence-corrected chi connectivity index (χ2v) is 8.18. The summed E-state index contributed by atoms with van der Waals surface area (Å²) in [6.07, 6.45) is 1.43. The fraction of sp³-hybridized carbons (Fsp3) is 0.455. The first-order valence-corrected chi connectivity index (χ1v) is 10.9. The van der Waals surface area contributed by atoms with Gasteiger partial charge in [0.05, 0.1) is 12.6 Å². The van der Waals surface area contributed by atoms with E-state index in [1.165, 1.54) is 17.9 Å². The maximum Gasteiger partial charge on any atom is 0.242 e. The predicted octanol–water partition coefficient (Wildman–Crippen LogP) is 3.28. The molecule has 1 aromatic heterocycles. The number of carbonyl (C=O) groups excluding carboxylic acids is 2. The van der Waals surface area contributed by atoms with Gasteiger partial charge in [-0.25, -0.2) is 4.39 Å². The molecular weight excluding hydrogens is 407 g/mol. The number of methoxy groups -OCH3 is 1. The molecule has 0 saturated carbocycles. The summed E-state index contributed by atoms with van der Waals surface area (Å²) in [6, 6.07) is 7.92. The fourth-order valence-electron chi connectivity index (χ4n) is 3.61. The van der Waals surface area contributed by atoms with Crippen molar-refractivity contribution in [3.05, 3.63) is 52.0 Å². The van der Waals surface area contributed by atoms with E-state index in [1.54, 1.807) is 46.4 Å². The van der Waals surface area contributed by atoms with E-state index in [0.717, 1.165) is 12.0 Å². The number of hydrogen-bond acceptors (Lipinski definition) is 5. The summed E-state index contributed by atoms with van der Waals surface area (Å²) in [5, 5.41) is 2.00. The molecule has 0 radical (unpaired) electrons. The van der Waals surface area contributed by atoms with Crippen molar-refractivity contribution in [1.82, 2.24) is 9.80 Å². The smallest absolute Gasteiger partial charge is 0.242 e. The van der Waals surface area contributed by atoms with Gasteiger partial charge >= 0.3 is 0 Å². The third-order valence-electron chi connectivity index (χ3n) is 5.20. The lowest BCUT2D eigenvalue weighted by atomic mass is 10.0. The van der Waals surface area contributed by atoms with Crippen LogP contribution in [-0.4, -0.2) is 61.6 Å². The number of ether oxygens (including phenoxy) is 2. The number of halogens is 1. The van der Waals surface area contributed by atoms with Crippen molar-refractivity contribution < 1.29 is 23.5 Å². The van der Waals surface area contributed by atoms with Crippen LogP contribution in [0.15, 0.2) is 35.7 Å². The lowest BCUT2D eigenvalue weighted by Crippen LogP contribution is -2.47. The number of fused-ring (bicyclic) bond motifs is 1. The maximum absolute atomic E-state index is 14.0. The molecule has 2 amide bonds. The molecule has 30 heavy (non-hydrogen) atoms. The number of carbonyl (C=O) groups is 2. The van der Waals surface area contributed by atoms with Crippen molar-refractivity contribution >= 4 is 23.2 Å². The van der Waals surface area contributed by atoms with E-state index in [0.29, 0.717) is 26.1 Å². The Bertz CT molecular complexity index is 872. The molecule has 0 fully saturated rings. The monoisotopic (exact) mass is 434 g/mol. The number of rotatable bonds is 9. The second-order valence-electron chi connectivity index (χ2n) is 7.18. The van der Waals surface area contributed by atoms with Crippen LogP contribution in [0.2, 0.25) is 0 Å². The molecule has 0 bridgehead atoms. The lowest BCUT2D eigenvalue weighted by molar-refractivity contribution is -0.142. The molecule has 0 N–H and O–H groups in total. The first-order valence-electron chi connectivity index (χ1n) is 9.98. The largest absolute Gasteiger partial charge is 0.488 e. The SMILES string of the molecule is COCCCN(CC(=O)N1CCc2sccc2[C@@H]1COc1ccccc1F)C(C)=O. The van der Waals surface area contributed by atoms with Crippen LogP contribution in [0, 0.1) is 5.82 Å². The van der Waals surface area contributed by atoms with Gasteiger partial charge in [-0.3, -0.25) is 9.59 Å². The minimum Gasteiger partial charge on any atom is -0.488 e.